The summed E-state index contributed by atoms with van der Waals surface area (Å²) >= 11 is 7.53. The summed E-state index contributed by atoms with van der Waals surface area (Å²) < 4.78 is -0.676. The molecule has 0 aliphatic carbocycles. The molecule has 2 bridgehead atoms. The number of hydrogen-bond acceptors (Lipinski definition) is 5. The maximum absolute atomic E-state index is 13.4. The highest BCUT2D eigenvalue weighted by Crippen LogP contribution is 2.68. The minimum Gasteiger partial charge on any atom is -0.395 e. The number of aliphatic hydroxyl groups is 1. The van der Waals surface area contributed by atoms with Gasteiger partial charge in [0.2, 0.25) is 17.7 Å². The molecule has 3 heterocycles. The Morgan fingerprint density at radius 3 is 2.62 bits per heavy atom. The van der Waals surface area contributed by atoms with E-state index in [2.05, 4.69) is 17.6 Å². The van der Waals surface area contributed by atoms with Crippen molar-refractivity contribution in [2.45, 2.75) is 29.4 Å². The molecular weight excluding hydrogens is 414 g/mol. The molecule has 4 rings (SSSR count). The first-order valence-corrected chi connectivity index (χ1v) is 11.0. The van der Waals surface area contributed by atoms with Crippen LogP contribution in [0.25, 0.3) is 0 Å². The van der Waals surface area contributed by atoms with E-state index in [1.165, 1.54) is 4.90 Å². The number of hydrogen-bond donors (Lipinski definition) is 3. The second kappa shape index (κ2) is 7.49. The van der Waals surface area contributed by atoms with Gasteiger partial charge in [0, 0.05) is 29.6 Å². The van der Waals surface area contributed by atoms with E-state index in [9.17, 15) is 19.5 Å². The third-order valence-corrected chi connectivity index (χ3v) is 8.82. The molecule has 0 saturated carbocycles. The Morgan fingerprint density at radius 1 is 1.31 bits per heavy atom. The van der Waals surface area contributed by atoms with Gasteiger partial charge in [-0.15, -0.1) is 11.8 Å². The fourth-order valence-corrected chi connectivity index (χ4v) is 7.93. The van der Waals surface area contributed by atoms with Gasteiger partial charge < -0.3 is 20.6 Å². The average molecular weight is 438 g/mol. The van der Waals surface area contributed by atoms with Crippen LogP contribution in [0.4, 0.5) is 5.69 Å². The zero-order valence-corrected chi connectivity index (χ0v) is 17.8. The third-order valence-electron chi connectivity index (χ3n) is 6.50. The van der Waals surface area contributed by atoms with Gasteiger partial charge in [-0.3, -0.25) is 14.4 Å². The number of carbonyl (C=O) groups excluding carboxylic acids is 3. The van der Waals surface area contributed by atoms with Crippen LogP contribution in [0.3, 0.4) is 0 Å². The molecule has 0 aromatic heterocycles. The molecule has 3 N–H and O–H groups in total. The van der Waals surface area contributed by atoms with Crippen molar-refractivity contribution >= 4 is 46.8 Å². The molecule has 9 heteroatoms. The summed E-state index contributed by atoms with van der Waals surface area (Å²) in [6, 6.07) is 6.03. The topological polar surface area (TPSA) is 98.7 Å². The molecule has 3 aliphatic rings. The summed E-state index contributed by atoms with van der Waals surface area (Å²) in [5.41, 5.74) is 0.587. The van der Waals surface area contributed by atoms with E-state index in [1.807, 2.05) is 0 Å². The van der Waals surface area contributed by atoms with E-state index in [0.29, 0.717) is 10.7 Å². The van der Waals surface area contributed by atoms with Crippen LogP contribution in [-0.4, -0.2) is 64.0 Å². The Bertz CT molecular complexity index is 851. The molecule has 1 aromatic carbocycles. The highest BCUT2D eigenvalue weighted by Gasteiger charge is 2.75. The van der Waals surface area contributed by atoms with Crippen molar-refractivity contribution in [1.29, 1.82) is 0 Å². The number of fused-ring (bicyclic) bond motifs is 1. The molecule has 3 amide bonds. The Morgan fingerprint density at radius 2 is 2.00 bits per heavy atom. The van der Waals surface area contributed by atoms with Crippen LogP contribution in [0.5, 0.6) is 0 Å². The lowest BCUT2D eigenvalue weighted by atomic mass is 9.66. The molecule has 7 nitrogen and oxygen atoms in total. The number of benzene rings is 1. The largest absolute Gasteiger partial charge is 0.395 e. The minimum absolute atomic E-state index is 0.0148. The maximum Gasteiger partial charge on any atom is 0.248 e. The first-order valence-electron chi connectivity index (χ1n) is 9.72. The lowest BCUT2D eigenvalue weighted by Crippen LogP contribution is -2.55. The Hall–Kier alpha value is -1.77. The van der Waals surface area contributed by atoms with E-state index < -0.39 is 22.6 Å². The molecule has 3 fully saturated rings. The summed E-state index contributed by atoms with van der Waals surface area (Å²) in [5.74, 6) is -1.59. The molecule has 3 aliphatic heterocycles. The van der Waals surface area contributed by atoms with Crippen LogP contribution in [0.2, 0.25) is 5.02 Å². The van der Waals surface area contributed by atoms with E-state index in [4.69, 9.17) is 11.6 Å². The maximum atomic E-state index is 13.4. The Labute approximate surface area is 178 Å². The number of nitrogens with zero attached hydrogens (tertiary/aromatic N) is 1. The van der Waals surface area contributed by atoms with Crippen LogP contribution in [0.15, 0.2) is 24.3 Å². The van der Waals surface area contributed by atoms with E-state index in [1.54, 1.807) is 43.1 Å². The second-order valence-electron chi connectivity index (χ2n) is 7.92. The highest BCUT2D eigenvalue weighted by atomic mass is 35.5. The first-order chi connectivity index (χ1) is 13.8. The molecule has 0 radical (unpaired) electrons. The number of rotatable bonds is 5. The third kappa shape index (κ3) is 2.95. The molecule has 3 saturated heterocycles. The van der Waals surface area contributed by atoms with Gasteiger partial charge in [0.15, 0.2) is 0 Å². The summed E-state index contributed by atoms with van der Waals surface area (Å²) in [5, 5.41) is 15.7. The number of nitrogens with one attached hydrogen (secondary N) is 2. The predicted molar refractivity (Wildman–Crippen MR) is 112 cm³/mol. The van der Waals surface area contributed by atoms with Crippen LogP contribution in [0.1, 0.15) is 13.3 Å². The number of anilines is 1. The van der Waals surface area contributed by atoms with Crippen molar-refractivity contribution in [2.24, 2.45) is 17.8 Å². The molecule has 3 unspecified atom stereocenters. The number of likely N-dealkylation sites (tertiary alicyclic amines) is 1. The molecule has 1 aromatic rings. The molecule has 29 heavy (non-hydrogen) atoms. The predicted octanol–water partition coefficient (Wildman–Crippen LogP) is 1.35. The summed E-state index contributed by atoms with van der Waals surface area (Å²) in [6.07, 6.45) is 0.782. The second-order valence-corrected chi connectivity index (χ2v) is 9.90. The number of amides is 3. The first kappa shape index (κ1) is 20.5. The van der Waals surface area contributed by atoms with Gasteiger partial charge in [-0.05, 0) is 36.6 Å². The molecule has 6 atom stereocenters. The van der Waals surface area contributed by atoms with Gasteiger partial charge in [0.05, 0.1) is 23.2 Å². The number of β-amino-alcohol motifs (C(OH)–C–C–N with tert-alkyl or cyclic N) is 1. The van der Waals surface area contributed by atoms with Crippen molar-refractivity contribution in [3.8, 4) is 0 Å². The number of halogens is 1. The number of aliphatic hydroxyl groups excluding tert-OH is 1. The minimum atomic E-state index is -0.748. The van der Waals surface area contributed by atoms with E-state index in [-0.39, 0.29) is 42.0 Å². The molecular formula is C20H24ClN3O4S. The van der Waals surface area contributed by atoms with Crippen molar-refractivity contribution in [2.75, 3.05) is 25.5 Å². The van der Waals surface area contributed by atoms with Gasteiger partial charge >= 0.3 is 0 Å². The zero-order valence-electron chi connectivity index (χ0n) is 16.2. The number of thioether (sulfide) groups is 1. The Kier molecular flexibility index (Phi) is 5.29. The van der Waals surface area contributed by atoms with Crippen molar-refractivity contribution < 1.29 is 19.5 Å². The smallest absolute Gasteiger partial charge is 0.248 e. The van der Waals surface area contributed by atoms with Gasteiger partial charge in [-0.2, -0.15) is 0 Å². The van der Waals surface area contributed by atoms with Crippen molar-refractivity contribution in [1.82, 2.24) is 10.2 Å². The van der Waals surface area contributed by atoms with Gasteiger partial charge in [0.25, 0.3) is 0 Å². The lowest BCUT2D eigenvalue weighted by molar-refractivity contribution is -0.139. The number of carbonyl (C=O) groups is 3. The zero-order chi connectivity index (χ0) is 20.9. The fourth-order valence-electron chi connectivity index (χ4n) is 5.38. The fraction of sp³-hybridized carbons (Fsp3) is 0.550. The van der Waals surface area contributed by atoms with Crippen molar-refractivity contribution in [3.63, 3.8) is 0 Å². The lowest BCUT2D eigenvalue weighted by Gasteiger charge is -2.38. The summed E-state index contributed by atoms with van der Waals surface area (Å²) in [4.78, 5) is 40.9. The normalized spacial score (nSPS) is 35.0. The van der Waals surface area contributed by atoms with Crippen LogP contribution >= 0.6 is 23.4 Å². The standard InChI is InChI=1S/C20H24ClN3O4S/c1-10-9-13-14(17(26)22-2)15-19(28)24(7-8-25)16(20(10,15)29-13)18(27)23-12-5-3-11(21)4-6-12/h3-6,10,13-16,25H,7-9H2,1-2H3,(H,22,26)(H,23,27)/t10?,13-,14+,15+,16?,20?/m1/s1. The van der Waals surface area contributed by atoms with Gasteiger partial charge in [-0.1, -0.05) is 18.5 Å². The van der Waals surface area contributed by atoms with Gasteiger partial charge in [0.1, 0.15) is 6.04 Å². The van der Waals surface area contributed by atoms with Gasteiger partial charge in [-0.25, -0.2) is 0 Å². The highest BCUT2D eigenvalue weighted by molar-refractivity contribution is 8.02. The van der Waals surface area contributed by atoms with Crippen molar-refractivity contribution in [3.05, 3.63) is 29.3 Å². The summed E-state index contributed by atoms with van der Waals surface area (Å²) in [6.45, 7) is 1.87. The monoisotopic (exact) mass is 437 g/mol. The van der Waals surface area contributed by atoms with E-state index in [0.717, 1.165) is 6.42 Å². The van der Waals surface area contributed by atoms with Crippen LogP contribution in [-0.2, 0) is 14.4 Å². The van der Waals surface area contributed by atoms with Crippen LogP contribution in [0, 0.1) is 17.8 Å². The quantitative estimate of drug-likeness (QED) is 0.646. The molecule has 1 spiro atoms. The van der Waals surface area contributed by atoms with E-state index >= 15 is 0 Å². The van der Waals surface area contributed by atoms with Crippen LogP contribution < -0.4 is 10.6 Å². The average Bonchev–Trinajstić information content (AvgIpc) is 3.28. The molecule has 156 valence electrons. The SMILES string of the molecule is CNC(=O)[C@@H]1[C@H]2C(=O)N(CCO)C(C(=O)Nc3ccc(Cl)cc3)C23S[C@@H]1CC3C. The Balaban J connectivity index is 1.73. The summed E-state index contributed by atoms with van der Waals surface area (Å²) in [7, 11) is 1.57.